The van der Waals surface area contributed by atoms with E-state index in [0.29, 0.717) is 0 Å². The van der Waals surface area contributed by atoms with Crippen LogP contribution in [0.1, 0.15) is 45.4 Å². The Hall–Kier alpha value is 0.454. The summed E-state index contributed by atoms with van der Waals surface area (Å²) in [5.41, 5.74) is 5.34. The van der Waals surface area contributed by atoms with Crippen molar-refractivity contribution in [2.75, 3.05) is 6.54 Å². The van der Waals surface area contributed by atoms with Crippen molar-refractivity contribution in [3.05, 3.63) is 0 Å². The Kier molecular flexibility index (Phi) is 15.9. The molecule has 10 heavy (non-hydrogen) atoms. The van der Waals surface area contributed by atoms with Crippen molar-refractivity contribution in [1.82, 2.24) is 0 Å². The average Bonchev–Trinajstić information content (AvgIpc) is 1.89. The fraction of sp³-hybridized carbons (Fsp3) is 1.00. The van der Waals surface area contributed by atoms with Crippen molar-refractivity contribution in [1.29, 1.82) is 0 Å². The van der Waals surface area contributed by atoms with Crippen LogP contribution in [0.2, 0.25) is 0 Å². The van der Waals surface area contributed by atoms with Crippen molar-refractivity contribution in [3.8, 4) is 0 Å². The molecule has 2 N–H and O–H groups in total. The van der Waals surface area contributed by atoms with Crippen molar-refractivity contribution < 1.29 is 16.5 Å². The maximum Gasteiger partial charge on any atom is 0 e. The SMILES string of the molecule is CCCCCCCCN.[Ni]. The van der Waals surface area contributed by atoms with E-state index in [1.807, 2.05) is 0 Å². The minimum absolute atomic E-state index is 0. The average molecular weight is 188 g/mol. The summed E-state index contributed by atoms with van der Waals surface area (Å²) >= 11 is 0. The van der Waals surface area contributed by atoms with Crippen LogP contribution in [-0.2, 0) is 16.5 Å². The molecule has 0 aromatic carbocycles. The van der Waals surface area contributed by atoms with Gasteiger partial charge in [-0.15, -0.1) is 0 Å². The molecule has 0 heterocycles. The molecule has 0 bridgehead atoms. The minimum atomic E-state index is 0. The summed E-state index contributed by atoms with van der Waals surface area (Å²) in [5, 5.41) is 0. The largest absolute Gasteiger partial charge is 0.330 e. The van der Waals surface area contributed by atoms with E-state index < -0.39 is 0 Å². The van der Waals surface area contributed by atoms with Gasteiger partial charge in [-0.2, -0.15) is 0 Å². The predicted octanol–water partition coefficient (Wildman–Crippen LogP) is 2.30. The van der Waals surface area contributed by atoms with Crippen LogP contribution in [-0.4, -0.2) is 6.54 Å². The molecule has 0 spiro atoms. The summed E-state index contributed by atoms with van der Waals surface area (Å²) in [4.78, 5) is 0. The van der Waals surface area contributed by atoms with Crippen LogP contribution >= 0.6 is 0 Å². The molecule has 0 aliphatic rings. The molecule has 0 unspecified atom stereocenters. The second kappa shape index (κ2) is 12.2. The summed E-state index contributed by atoms with van der Waals surface area (Å²) < 4.78 is 0. The standard InChI is InChI=1S/C8H19N.Ni/c1-2-3-4-5-6-7-8-9;/h2-9H2,1H3;. The third-order valence-corrected chi connectivity index (χ3v) is 1.56. The van der Waals surface area contributed by atoms with Crippen LogP contribution < -0.4 is 5.73 Å². The number of rotatable bonds is 6. The van der Waals surface area contributed by atoms with E-state index in [-0.39, 0.29) is 16.5 Å². The molecule has 66 valence electrons. The molecule has 0 fully saturated rings. The van der Waals surface area contributed by atoms with Crippen LogP contribution in [0.4, 0.5) is 0 Å². The third kappa shape index (κ3) is 11.3. The molecular formula is C8H19NNi. The van der Waals surface area contributed by atoms with E-state index in [2.05, 4.69) is 6.92 Å². The fourth-order valence-electron chi connectivity index (χ4n) is 0.925. The van der Waals surface area contributed by atoms with Gasteiger partial charge < -0.3 is 5.73 Å². The van der Waals surface area contributed by atoms with Crippen molar-refractivity contribution in [2.45, 2.75) is 45.4 Å². The Labute approximate surface area is 74.7 Å². The Morgan fingerprint density at radius 1 is 0.900 bits per heavy atom. The second-order valence-corrected chi connectivity index (χ2v) is 2.56. The van der Waals surface area contributed by atoms with Gasteiger partial charge in [-0.3, -0.25) is 0 Å². The molecule has 0 saturated carbocycles. The first-order valence-corrected chi connectivity index (χ1v) is 4.12. The first-order valence-electron chi connectivity index (χ1n) is 4.12. The van der Waals surface area contributed by atoms with Crippen LogP contribution in [0.15, 0.2) is 0 Å². The Morgan fingerprint density at radius 3 is 1.90 bits per heavy atom. The molecule has 0 aliphatic heterocycles. The van der Waals surface area contributed by atoms with Crippen molar-refractivity contribution in [3.63, 3.8) is 0 Å². The summed E-state index contributed by atoms with van der Waals surface area (Å²) in [6.07, 6.45) is 8.05. The maximum absolute atomic E-state index is 5.34. The van der Waals surface area contributed by atoms with E-state index in [1.54, 1.807) is 0 Å². The summed E-state index contributed by atoms with van der Waals surface area (Å²) in [5.74, 6) is 0. The molecule has 0 aromatic rings. The Balaban J connectivity index is 0. The number of hydrogen-bond acceptors (Lipinski definition) is 1. The van der Waals surface area contributed by atoms with Gasteiger partial charge in [0, 0.05) is 16.5 Å². The summed E-state index contributed by atoms with van der Waals surface area (Å²) in [7, 11) is 0. The zero-order valence-corrected chi connectivity index (χ0v) is 7.83. The third-order valence-electron chi connectivity index (χ3n) is 1.56. The molecule has 2 heteroatoms. The zero-order chi connectivity index (χ0) is 6.95. The van der Waals surface area contributed by atoms with Gasteiger partial charge in [0.1, 0.15) is 0 Å². The van der Waals surface area contributed by atoms with Gasteiger partial charge in [-0.25, -0.2) is 0 Å². The minimum Gasteiger partial charge on any atom is -0.330 e. The molecular weight excluding hydrogens is 169 g/mol. The molecule has 0 aromatic heterocycles. The van der Waals surface area contributed by atoms with Gasteiger partial charge in [0.15, 0.2) is 0 Å². The quantitative estimate of drug-likeness (QED) is 0.502. The van der Waals surface area contributed by atoms with Crippen molar-refractivity contribution >= 4 is 0 Å². The van der Waals surface area contributed by atoms with E-state index in [0.717, 1.165) is 6.54 Å². The van der Waals surface area contributed by atoms with E-state index in [9.17, 15) is 0 Å². The van der Waals surface area contributed by atoms with E-state index in [1.165, 1.54) is 38.5 Å². The Bertz CT molecular complexity index is 42.5. The first-order chi connectivity index (χ1) is 4.41. The van der Waals surface area contributed by atoms with Gasteiger partial charge in [0.25, 0.3) is 0 Å². The van der Waals surface area contributed by atoms with Crippen LogP contribution in [0.25, 0.3) is 0 Å². The molecule has 0 rings (SSSR count). The van der Waals surface area contributed by atoms with Gasteiger partial charge in [0.05, 0.1) is 0 Å². The van der Waals surface area contributed by atoms with Gasteiger partial charge in [-0.1, -0.05) is 39.0 Å². The van der Waals surface area contributed by atoms with Crippen LogP contribution in [0, 0.1) is 0 Å². The van der Waals surface area contributed by atoms with Gasteiger partial charge >= 0.3 is 0 Å². The first kappa shape index (κ1) is 13.1. The summed E-state index contributed by atoms with van der Waals surface area (Å²) in [6, 6.07) is 0. The van der Waals surface area contributed by atoms with E-state index >= 15 is 0 Å². The fourth-order valence-corrected chi connectivity index (χ4v) is 0.925. The maximum atomic E-state index is 5.34. The molecule has 1 nitrogen and oxygen atoms in total. The molecule has 0 atom stereocenters. The second-order valence-electron chi connectivity index (χ2n) is 2.56. The van der Waals surface area contributed by atoms with Crippen molar-refractivity contribution in [2.24, 2.45) is 5.73 Å². The number of unbranched alkanes of at least 4 members (excludes halogenated alkanes) is 5. The van der Waals surface area contributed by atoms with E-state index in [4.69, 9.17) is 5.73 Å². The summed E-state index contributed by atoms with van der Waals surface area (Å²) in [6.45, 7) is 3.11. The predicted molar refractivity (Wildman–Crippen MR) is 42.4 cm³/mol. The zero-order valence-electron chi connectivity index (χ0n) is 6.84. The topological polar surface area (TPSA) is 26.0 Å². The molecule has 0 aliphatic carbocycles. The molecule has 0 amide bonds. The van der Waals surface area contributed by atoms with Crippen LogP contribution in [0.5, 0.6) is 0 Å². The van der Waals surface area contributed by atoms with Crippen LogP contribution in [0.3, 0.4) is 0 Å². The molecule has 0 saturated heterocycles. The molecule has 0 radical (unpaired) electrons. The van der Waals surface area contributed by atoms with Gasteiger partial charge in [0.2, 0.25) is 0 Å². The normalized spacial score (nSPS) is 9.00. The number of hydrogen-bond donors (Lipinski definition) is 1. The Morgan fingerprint density at radius 2 is 1.40 bits per heavy atom. The van der Waals surface area contributed by atoms with Gasteiger partial charge in [-0.05, 0) is 13.0 Å². The smallest absolute Gasteiger partial charge is 0 e. The number of nitrogens with two attached hydrogens (primary N) is 1. The monoisotopic (exact) mass is 187 g/mol.